The average Bonchev–Trinajstić information content (AvgIpc) is 2.65. The Bertz CT molecular complexity index is 541. The second kappa shape index (κ2) is 4.76. The van der Waals surface area contributed by atoms with E-state index in [1.165, 1.54) is 7.11 Å². The number of carbonyl (C=O) groups is 2. The van der Waals surface area contributed by atoms with Crippen molar-refractivity contribution in [2.75, 3.05) is 21.2 Å². The molecular weight excluding hydrogens is 244 g/mol. The van der Waals surface area contributed by atoms with Gasteiger partial charge in [0.15, 0.2) is 0 Å². The maximum atomic E-state index is 12.3. The number of hydrogen-bond donors (Lipinski definition) is 0. The molecule has 5 heteroatoms. The van der Waals surface area contributed by atoms with E-state index in [1.807, 2.05) is 14.1 Å². The van der Waals surface area contributed by atoms with Crippen molar-refractivity contribution in [1.29, 1.82) is 0 Å². The lowest BCUT2D eigenvalue weighted by molar-refractivity contribution is 0.0578. The molecule has 0 unspecified atom stereocenters. The average molecular weight is 260 g/mol. The molecule has 0 spiro atoms. The van der Waals surface area contributed by atoms with E-state index in [2.05, 4.69) is 0 Å². The predicted molar refractivity (Wildman–Crippen MR) is 70.3 cm³/mol. The van der Waals surface area contributed by atoms with Crippen LogP contribution < -0.4 is 0 Å². The molecule has 0 saturated heterocycles. The molecule has 0 aromatic heterocycles. The molecule has 0 atom stereocenters. The van der Waals surface area contributed by atoms with Crippen molar-refractivity contribution in [2.24, 2.45) is 0 Å². The Balaban J connectivity index is 2.53. The predicted octanol–water partition coefficient (Wildman–Crippen LogP) is 1.68. The van der Waals surface area contributed by atoms with E-state index in [0.717, 1.165) is 4.90 Å². The highest BCUT2D eigenvalue weighted by Crippen LogP contribution is 2.27. The van der Waals surface area contributed by atoms with Gasteiger partial charge in [-0.05, 0) is 19.1 Å². The minimum atomic E-state index is -0.348. The molecule has 0 saturated carbocycles. The molecule has 2 rings (SSSR count). The molecular formula is C14H16N2O3. The van der Waals surface area contributed by atoms with Crippen LogP contribution in [0.4, 0.5) is 0 Å². The fourth-order valence-electron chi connectivity index (χ4n) is 1.97. The quantitative estimate of drug-likeness (QED) is 0.613. The summed E-state index contributed by atoms with van der Waals surface area (Å²) in [6.07, 6.45) is 0. The summed E-state index contributed by atoms with van der Waals surface area (Å²) in [5.74, 6) is -0.437. The summed E-state index contributed by atoms with van der Waals surface area (Å²) in [7, 11) is 5.10. The summed E-state index contributed by atoms with van der Waals surface area (Å²) in [5, 5.41) is 0. The summed E-state index contributed by atoms with van der Waals surface area (Å²) in [6.45, 7) is 1.79. The highest BCUT2D eigenvalue weighted by atomic mass is 16.5. The van der Waals surface area contributed by atoms with Crippen LogP contribution in [0, 0.1) is 0 Å². The highest BCUT2D eigenvalue weighted by molar-refractivity contribution is 6.22. The Kier molecular flexibility index (Phi) is 3.29. The van der Waals surface area contributed by atoms with Gasteiger partial charge in [0.2, 0.25) is 5.88 Å². The van der Waals surface area contributed by atoms with E-state index >= 15 is 0 Å². The van der Waals surface area contributed by atoms with Gasteiger partial charge in [0.25, 0.3) is 11.8 Å². The van der Waals surface area contributed by atoms with Crippen LogP contribution in [0.1, 0.15) is 27.6 Å². The van der Waals surface area contributed by atoms with Crippen LogP contribution in [0.3, 0.4) is 0 Å². The van der Waals surface area contributed by atoms with E-state index in [1.54, 1.807) is 36.1 Å². The number of allylic oxidation sites excluding steroid dienone is 1. The van der Waals surface area contributed by atoms with Crippen molar-refractivity contribution >= 4 is 11.8 Å². The number of carbonyl (C=O) groups excluding carboxylic acids is 2. The molecule has 0 bridgehead atoms. The van der Waals surface area contributed by atoms with Gasteiger partial charge < -0.3 is 9.64 Å². The van der Waals surface area contributed by atoms with Gasteiger partial charge in [-0.2, -0.15) is 0 Å². The van der Waals surface area contributed by atoms with Gasteiger partial charge in [-0.3, -0.25) is 9.59 Å². The zero-order valence-electron chi connectivity index (χ0n) is 11.4. The van der Waals surface area contributed by atoms with Crippen molar-refractivity contribution in [1.82, 2.24) is 9.80 Å². The standard InChI is InChI=1S/C14H16N2O3/c1-9(15(2)3)14(19-4)16-12(17)10-7-5-6-8-11(10)13(16)18/h5-8H,1-4H3/b14-9-. The van der Waals surface area contributed by atoms with Gasteiger partial charge in [0.05, 0.1) is 23.9 Å². The van der Waals surface area contributed by atoms with Crippen LogP contribution >= 0.6 is 0 Å². The highest BCUT2D eigenvalue weighted by Gasteiger charge is 2.39. The van der Waals surface area contributed by atoms with Gasteiger partial charge in [-0.1, -0.05) is 12.1 Å². The third-order valence-electron chi connectivity index (χ3n) is 3.17. The monoisotopic (exact) mass is 260 g/mol. The van der Waals surface area contributed by atoms with Crippen molar-refractivity contribution in [2.45, 2.75) is 6.92 Å². The van der Waals surface area contributed by atoms with Crippen LogP contribution in [-0.2, 0) is 4.74 Å². The van der Waals surface area contributed by atoms with Crippen LogP contribution in [0.15, 0.2) is 35.8 Å². The van der Waals surface area contributed by atoms with E-state index < -0.39 is 0 Å². The Morgan fingerprint density at radius 3 is 1.95 bits per heavy atom. The maximum absolute atomic E-state index is 12.3. The van der Waals surface area contributed by atoms with Crippen LogP contribution in [0.5, 0.6) is 0 Å². The minimum Gasteiger partial charge on any atom is -0.481 e. The first-order valence-corrected chi connectivity index (χ1v) is 5.89. The fourth-order valence-corrected chi connectivity index (χ4v) is 1.97. The van der Waals surface area contributed by atoms with E-state index in [0.29, 0.717) is 16.8 Å². The SMILES string of the molecule is CO/C(=C(/C)N(C)C)N1C(=O)c2ccccc2C1=O. The lowest BCUT2D eigenvalue weighted by atomic mass is 10.1. The molecule has 2 amide bonds. The molecule has 1 aliphatic heterocycles. The Labute approximate surface area is 112 Å². The summed E-state index contributed by atoms with van der Waals surface area (Å²) >= 11 is 0. The summed E-state index contributed by atoms with van der Waals surface area (Å²) < 4.78 is 5.25. The smallest absolute Gasteiger partial charge is 0.268 e. The zero-order chi connectivity index (χ0) is 14.2. The molecule has 1 aromatic carbocycles. The molecule has 0 radical (unpaired) electrons. The van der Waals surface area contributed by atoms with Crippen molar-refractivity contribution in [3.05, 3.63) is 47.0 Å². The molecule has 0 N–H and O–H groups in total. The lowest BCUT2D eigenvalue weighted by Crippen LogP contribution is -2.32. The van der Waals surface area contributed by atoms with Crippen LogP contribution in [-0.4, -0.2) is 42.8 Å². The van der Waals surface area contributed by atoms with Crippen molar-refractivity contribution in [3.8, 4) is 0 Å². The number of amides is 2. The second-order valence-corrected chi connectivity index (χ2v) is 4.48. The van der Waals surface area contributed by atoms with Crippen molar-refractivity contribution < 1.29 is 14.3 Å². The Morgan fingerprint density at radius 2 is 1.58 bits per heavy atom. The molecule has 100 valence electrons. The minimum absolute atomic E-state index is 0.260. The van der Waals surface area contributed by atoms with Gasteiger partial charge in [-0.15, -0.1) is 0 Å². The first-order valence-electron chi connectivity index (χ1n) is 5.89. The number of nitrogens with zero attached hydrogens (tertiary/aromatic N) is 2. The van der Waals surface area contributed by atoms with E-state index in [4.69, 9.17) is 4.74 Å². The third-order valence-corrected chi connectivity index (χ3v) is 3.17. The lowest BCUT2D eigenvalue weighted by Gasteiger charge is -2.22. The molecule has 1 aliphatic rings. The molecule has 19 heavy (non-hydrogen) atoms. The largest absolute Gasteiger partial charge is 0.481 e. The van der Waals surface area contributed by atoms with Crippen molar-refractivity contribution in [3.63, 3.8) is 0 Å². The molecule has 0 aliphatic carbocycles. The fraction of sp³-hybridized carbons (Fsp3) is 0.286. The number of benzene rings is 1. The van der Waals surface area contributed by atoms with Gasteiger partial charge in [0, 0.05) is 14.1 Å². The third kappa shape index (κ3) is 1.97. The molecule has 5 nitrogen and oxygen atoms in total. The van der Waals surface area contributed by atoms with Gasteiger partial charge >= 0.3 is 0 Å². The molecule has 0 fully saturated rings. The summed E-state index contributed by atoms with van der Waals surface area (Å²) in [4.78, 5) is 27.5. The second-order valence-electron chi connectivity index (χ2n) is 4.48. The number of hydrogen-bond acceptors (Lipinski definition) is 4. The first-order chi connectivity index (χ1) is 8.99. The number of rotatable bonds is 3. The summed E-state index contributed by atoms with van der Waals surface area (Å²) in [5.41, 5.74) is 1.53. The topological polar surface area (TPSA) is 49.9 Å². The number of ether oxygens (including phenoxy) is 1. The molecule has 1 heterocycles. The van der Waals surface area contributed by atoms with E-state index in [9.17, 15) is 9.59 Å². The zero-order valence-corrected chi connectivity index (χ0v) is 11.4. The number of imide groups is 1. The van der Waals surface area contributed by atoms with Gasteiger partial charge in [0.1, 0.15) is 0 Å². The van der Waals surface area contributed by atoms with E-state index in [-0.39, 0.29) is 17.7 Å². The van der Waals surface area contributed by atoms with Gasteiger partial charge in [-0.25, -0.2) is 4.90 Å². The van der Waals surface area contributed by atoms with Crippen LogP contribution in [0.25, 0.3) is 0 Å². The summed E-state index contributed by atoms with van der Waals surface area (Å²) in [6, 6.07) is 6.77. The maximum Gasteiger partial charge on any atom is 0.268 e. The molecule has 1 aromatic rings. The Morgan fingerprint density at radius 1 is 1.11 bits per heavy atom. The number of methoxy groups -OCH3 is 1. The van der Waals surface area contributed by atoms with Crippen LogP contribution in [0.2, 0.25) is 0 Å². The Hall–Kier alpha value is -2.30. The normalized spacial score (nSPS) is 15.3. The first kappa shape index (κ1) is 13.1. The number of fused-ring (bicyclic) bond motifs is 1.